The summed E-state index contributed by atoms with van der Waals surface area (Å²) in [4.78, 5) is 26.8. The predicted octanol–water partition coefficient (Wildman–Crippen LogP) is 4.75. The predicted molar refractivity (Wildman–Crippen MR) is 103 cm³/mol. The summed E-state index contributed by atoms with van der Waals surface area (Å²) in [6.45, 7) is 0. The van der Waals surface area contributed by atoms with E-state index in [2.05, 4.69) is 4.99 Å². The maximum absolute atomic E-state index is 12.2. The lowest BCUT2D eigenvalue weighted by molar-refractivity contribution is -0.384. The number of aliphatic imine (C=N–C) groups is 1. The van der Waals surface area contributed by atoms with E-state index in [0.717, 1.165) is 16.3 Å². The van der Waals surface area contributed by atoms with Crippen LogP contribution in [0.5, 0.6) is 0 Å². The smallest absolute Gasteiger partial charge is 0.363 e. The Morgan fingerprint density at radius 1 is 1.04 bits per heavy atom. The molecule has 0 radical (unpaired) electrons. The van der Waals surface area contributed by atoms with Gasteiger partial charge < -0.3 is 4.74 Å². The molecule has 0 aromatic heterocycles. The molecule has 0 spiro atoms. The number of ether oxygens (including phenoxy) is 1. The summed E-state index contributed by atoms with van der Waals surface area (Å²) in [5.74, 6) is -0.693. The van der Waals surface area contributed by atoms with E-state index in [4.69, 9.17) is 16.3 Å². The largest absolute Gasteiger partial charge is 0.402 e. The van der Waals surface area contributed by atoms with Gasteiger partial charge in [0.25, 0.3) is 5.69 Å². The minimum atomic E-state index is -0.638. The van der Waals surface area contributed by atoms with Crippen LogP contribution in [0.3, 0.4) is 0 Å². The van der Waals surface area contributed by atoms with Crippen molar-refractivity contribution in [1.82, 2.24) is 0 Å². The Kier molecular flexibility index (Phi) is 4.18. The molecule has 1 aliphatic heterocycles. The molecule has 3 aromatic rings. The molecule has 1 heterocycles. The fourth-order valence-corrected chi connectivity index (χ4v) is 2.97. The first-order valence-electron chi connectivity index (χ1n) is 7.97. The van der Waals surface area contributed by atoms with Crippen LogP contribution in [0.15, 0.2) is 71.4 Å². The molecule has 0 aliphatic carbocycles. The Hall–Kier alpha value is -3.51. The van der Waals surface area contributed by atoms with Crippen LogP contribution in [0, 0.1) is 10.1 Å². The van der Waals surface area contributed by atoms with Crippen LogP contribution in [0.4, 0.5) is 5.69 Å². The van der Waals surface area contributed by atoms with Crippen LogP contribution >= 0.6 is 11.6 Å². The topological polar surface area (TPSA) is 81.8 Å². The second-order valence-electron chi connectivity index (χ2n) is 5.86. The van der Waals surface area contributed by atoms with Crippen molar-refractivity contribution in [2.45, 2.75) is 0 Å². The lowest BCUT2D eigenvalue weighted by atomic mass is 10.1. The summed E-state index contributed by atoms with van der Waals surface area (Å²) in [5.41, 5.74) is 0.917. The average molecular weight is 379 g/mol. The molecule has 0 fully saturated rings. The highest BCUT2D eigenvalue weighted by Crippen LogP contribution is 2.27. The Bertz CT molecular complexity index is 1170. The molecule has 6 nitrogen and oxygen atoms in total. The number of rotatable bonds is 3. The third-order valence-corrected chi connectivity index (χ3v) is 4.42. The van der Waals surface area contributed by atoms with Crippen molar-refractivity contribution in [3.8, 4) is 0 Å². The summed E-state index contributed by atoms with van der Waals surface area (Å²) >= 11 is 6.09. The number of benzene rings is 3. The third-order valence-electron chi connectivity index (χ3n) is 4.09. The number of carbonyl (C=O) groups is 1. The number of nitro groups is 1. The second-order valence-corrected chi connectivity index (χ2v) is 6.27. The summed E-state index contributed by atoms with van der Waals surface area (Å²) in [6.07, 6.45) is 1.60. The third kappa shape index (κ3) is 3.30. The highest BCUT2D eigenvalue weighted by molar-refractivity contribution is 6.34. The summed E-state index contributed by atoms with van der Waals surface area (Å²) in [6, 6.07) is 17.5. The van der Waals surface area contributed by atoms with Gasteiger partial charge in [0, 0.05) is 12.1 Å². The lowest BCUT2D eigenvalue weighted by Gasteiger charge is -2.02. The normalized spacial score (nSPS) is 15.1. The van der Waals surface area contributed by atoms with Gasteiger partial charge in [-0.2, -0.15) is 0 Å². The fraction of sp³-hybridized carbons (Fsp3) is 0. The number of carbonyl (C=O) groups excluding carboxylic acids is 1. The quantitative estimate of drug-likeness (QED) is 0.285. The molecule has 27 heavy (non-hydrogen) atoms. The number of halogens is 1. The summed E-state index contributed by atoms with van der Waals surface area (Å²) < 4.78 is 5.17. The molecule has 3 aromatic carbocycles. The van der Waals surface area contributed by atoms with E-state index in [9.17, 15) is 14.9 Å². The highest BCUT2D eigenvalue weighted by Gasteiger charge is 2.27. The minimum Gasteiger partial charge on any atom is -0.402 e. The van der Waals surface area contributed by atoms with E-state index in [-0.39, 0.29) is 27.9 Å². The first-order chi connectivity index (χ1) is 13.0. The van der Waals surface area contributed by atoms with Crippen molar-refractivity contribution < 1.29 is 14.5 Å². The Labute approximate surface area is 158 Å². The SMILES string of the molecule is O=C1OC(c2cc([N+](=O)[O-])ccc2Cl)=N/C1=C\c1ccc2ccccc2c1. The molecule has 0 amide bonds. The van der Waals surface area contributed by atoms with E-state index in [0.29, 0.717) is 0 Å². The number of non-ortho nitro benzene ring substituents is 1. The number of esters is 1. The number of nitrogens with zero attached hydrogens (tertiary/aromatic N) is 2. The maximum atomic E-state index is 12.2. The van der Waals surface area contributed by atoms with Gasteiger partial charge >= 0.3 is 5.97 Å². The number of hydrogen-bond donors (Lipinski definition) is 0. The monoisotopic (exact) mass is 378 g/mol. The Morgan fingerprint density at radius 2 is 1.81 bits per heavy atom. The van der Waals surface area contributed by atoms with Gasteiger partial charge in [-0.1, -0.05) is 48.0 Å². The van der Waals surface area contributed by atoms with Gasteiger partial charge in [0.15, 0.2) is 5.70 Å². The van der Waals surface area contributed by atoms with E-state index in [1.54, 1.807) is 6.08 Å². The van der Waals surface area contributed by atoms with Crippen LogP contribution in [0.1, 0.15) is 11.1 Å². The zero-order chi connectivity index (χ0) is 19.0. The van der Waals surface area contributed by atoms with Crippen LogP contribution in [-0.2, 0) is 9.53 Å². The maximum Gasteiger partial charge on any atom is 0.363 e. The van der Waals surface area contributed by atoms with Gasteiger partial charge in [-0.25, -0.2) is 9.79 Å². The van der Waals surface area contributed by atoms with E-state index >= 15 is 0 Å². The second kappa shape index (κ2) is 6.66. The molecular weight excluding hydrogens is 368 g/mol. The van der Waals surface area contributed by atoms with E-state index < -0.39 is 10.9 Å². The average Bonchev–Trinajstić information content (AvgIpc) is 3.02. The Balaban J connectivity index is 1.73. The van der Waals surface area contributed by atoms with Crippen molar-refractivity contribution in [2.24, 2.45) is 4.99 Å². The van der Waals surface area contributed by atoms with Gasteiger partial charge in [0.1, 0.15) is 0 Å². The van der Waals surface area contributed by atoms with E-state index in [1.165, 1.54) is 18.2 Å². The zero-order valence-corrected chi connectivity index (χ0v) is 14.5. The molecule has 0 atom stereocenters. The molecule has 0 unspecified atom stereocenters. The molecule has 4 rings (SSSR count). The first-order valence-corrected chi connectivity index (χ1v) is 8.35. The van der Waals surface area contributed by atoms with Crippen LogP contribution in [0.2, 0.25) is 5.02 Å². The number of cyclic esters (lactones) is 1. The molecular formula is C20H11ClN2O4. The van der Waals surface area contributed by atoms with Crippen LogP contribution in [0.25, 0.3) is 16.8 Å². The Morgan fingerprint density at radius 3 is 2.59 bits per heavy atom. The first kappa shape index (κ1) is 16.9. The molecule has 0 N–H and O–H groups in total. The van der Waals surface area contributed by atoms with Crippen LogP contribution in [-0.4, -0.2) is 16.8 Å². The zero-order valence-electron chi connectivity index (χ0n) is 13.8. The summed E-state index contributed by atoms with van der Waals surface area (Å²) in [7, 11) is 0. The molecule has 1 aliphatic rings. The van der Waals surface area contributed by atoms with Gasteiger partial charge in [-0.3, -0.25) is 10.1 Å². The number of hydrogen-bond acceptors (Lipinski definition) is 5. The summed E-state index contributed by atoms with van der Waals surface area (Å²) in [5, 5.41) is 13.3. The van der Waals surface area contributed by atoms with Gasteiger partial charge in [0.2, 0.25) is 5.90 Å². The van der Waals surface area contributed by atoms with Gasteiger partial charge in [-0.15, -0.1) is 0 Å². The van der Waals surface area contributed by atoms with E-state index in [1.807, 2.05) is 42.5 Å². The van der Waals surface area contributed by atoms with Gasteiger partial charge in [0.05, 0.1) is 15.5 Å². The van der Waals surface area contributed by atoms with Crippen molar-refractivity contribution in [1.29, 1.82) is 0 Å². The number of fused-ring (bicyclic) bond motifs is 1. The van der Waals surface area contributed by atoms with Crippen LogP contribution < -0.4 is 0 Å². The minimum absolute atomic E-state index is 0.0549. The van der Waals surface area contributed by atoms with Crippen molar-refractivity contribution >= 4 is 46.0 Å². The highest BCUT2D eigenvalue weighted by atomic mass is 35.5. The number of nitro benzene ring substituents is 1. The van der Waals surface area contributed by atoms with Crippen molar-refractivity contribution in [3.63, 3.8) is 0 Å². The molecule has 132 valence electrons. The lowest BCUT2D eigenvalue weighted by Crippen LogP contribution is -2.06. The molecule has 0 saturated carbocycles. The van der Waals surface area contributed by atoms with Gasteiger partial charge in [-0.05, 0) is 34.5 Å². The fourth-order valence-electron chi connectivity index (χ4n) is 2.77. The van der Waals surface area contributed by atoms with Crippen molar-refractivity contribution in [2.75, 3.05) is 0 Å². The van der Waals surface area contributed by atoms with Crippen molar-refractivity contribution in [3.05, 3.63) is 92.6 Å². The standard InChI is InChI=1S/C20H11ClN2O4/c21-17-8-7-15(23(25)26)11-16(17)19-22-18(20(24)27-19)10-12-5-6-13-3-1-2-4-14(13)9-12/h1-11H/b18-10-. The molecule has 0 bridgehead atoms. The molecule has 7 heteroatoms. The molecule has 0 saturated heterocycles.